The van der Waals surface area contributed by atoms with Gasteiger partial charge < -0.3 is 4.90 Å². The molecule has 3 rings (SSSR count). The topological polar surface area (TPSA) is 20.3 Å². The molecule has 1 aromatic rings. The Balaban J connectivity index is 1.74. The smallest absolute Gasteiger partial charge is 0.329 e. The highest BCUT2D eigenvalue weighted by atomic mass is 19.4. The third kappa shape index (κ3) is 3.45. The van der Waals surface area contributed by atoms with Gasteiger partial charge >= 0.3 is 6.18 Å². The van der Waals surface area contributed by atoms with Crippen molar-refractivity contribution in [2.24, 2.45) is 17.8 Å². The van der Waals surface area contributed by atoms with Gasteiger partial charge in [0.2, 0.25) is 5.91 Å². The molecule has 1 aromatic carbocycles. The van der Waals surface area contributed by atoms with Gasteiger partial charge in [-0.2, -0.15) is 13.2 Å². The quantitative estimate of drug-likeness (QED) is 0.822. The summed E-state index contributed by atoms with van der Waals surface area (Å²) >= 11 is 0. The lowest BCUT2D eigenvalue weighted by Gasteiger charge is -2.30. The van der Waals surface area contributed by atoms with E-state index in [0.717, 1.165) is 36.1 Å². The second-order valence-electron chi connectivity index (χ2n) is 6.58. The summed E-state index contributed by atoms with van der Waals surface area (Å²) in [6, 6.07) is 8.90. The standard InChI is InChI=1S/C17H20F3NO/c18-17(19,20)11-21(10-12-4-2-1-3-5-12)16(22)15-9-13-6-7-14(15)8-13/h1-5,13-15H,6-11H2/t13-,14-,15+/m0/s1. The molecule has 5 heteroatoms. The molecule has 0 unspecified atom stereocenters. The second kappa shape index (κ2) is 5.94. The molecule has 2 nitrogen and oxygen atoms in total. The summed E-state index contributed by atoms with van der Waals surface area (Å²) in [6.45, 7) is -1.12. The number of amides is 1. The SMILES string of the molecule is O=C([C@@H]1C[C@H]2CC[C@H]1C2)N(Cc1ccccc1)CC(F)(F)F. The molecule has 1 amide bonds. The number of carbonyl (C=O) groups excluding carboxylic acids is 1. The molecular weight excluding hydrogens is 291 g/mol. The number of alkyl halides is 3. The molecule has 3 atom stereocenters. The molecule has 0 heterocycles. The fourth-order valence-corrected chi connectivity index (χ4v) is 4.01. The van der Waals surface area contributed by atoms with E-state index in [4.69, 9.17) is 0 Å². The minimum Gasteiger partial charge on any atom is -0.329 e. The fraction of sp³-hybridized carbons (Fsp3) is 0.588. The predicted molar refractivity (Wildman–Crippen MR) is 76.9 cm³/mol. The van der Waals surface area contributed by atoms with E-state index in [9.17, 15) is 18.0 Å². The highest BCUT2D eigenvalue weighted by Crippen LogP contribution is 2.49. The summed E-state index contributed by atoms with van der Waals surface area (Å²) in [7, 11) is 0. The van der Waals surface area contributed by atoms with Gasteiger partial charge in [-0.15, -0.1) is 0 Å². The Labute approximate surface area is 128 Å². The van der Waals surface area contributed by atoms with Gasteiger partial charge in [0.05, 0.1) is 0 Å². The van der Waals surface area contributed by atoms with Crippen LogP contribution in [0.25, 0.3) is 0 Å². The van der Waals surface area contributed by atoms with Crippen LogP contribution in [0.2, 0.25) is 0 Å². The number of hydrogen-bond acceptors (Lipinski definition) is 1. The van der Waals surface area contributed by atoms with Crippen LogP contribution in [0.1, 0.15) is 31.2 Å². The van der Waals surface area contributed by atoms with Gasteiger partial charge in [-0.1, -0.05) is 36.8 Å². The van der Waals surface area contributed by atoms with Crippen LogP contribution in [0.5, 0.6) is 0 Å². The number of carbonyl (C=O) groups is 1. The minimum absolute atomic E-state index is 0.0348. The van der Waals surface area contributed by atoms with Gasteiger partial charge in [0, 0.05) is 12.5 Å². The maximum Gasteiger partial charge on any atom is 0.406 e. The molecule has 2 saturated carbocycles. The van der Waals surface area contributed by atoms with Crippen LogP contribution in [0, 0.1) is 17.8 Å². The van der Waals surface area contributed by atoms with Crippen molar-refractivity contribution in [3.05, 3.63) is 35.9 Å². The van der Waals surface area contributed by atoms with Crippen LogP contribution < -0.4 is 0 Å². The van der Waals surface area contributed by atoms with Crippen molar-refractivity contribution in [1.29, 1.82) is 0 Å². The van der Waals surface area contributed by atoms with Crippen LogP contribution >= 0.6 is 0 Å². The van der Waals surface area contributed by atoms with Crippen molar-refractivity contribution in [1.82, 2.24) is 4.90 Å². The minimum atomic E-state index is -4.36. The predicted octanol–water partition coefficient (Wildman–Crippen LogP) is 4.01. The number of fused-ring (bicyclic) bond motifs is 2. The Morgan fingerprint density at radius 3 is 2.41 bits per heavy atom. The van der Waals surface area contributed by atoms with Crippen molar-refractivity contribution in [2.75, 3.05) is 6.54 Å². The lowest BCUT2D eigenvalue weighted by Crippen LogP contribution is -2.43. The van der Waals surface area contributed by atoms with Crippen LogP contribution in [-0.4, -0.2) is 23.5 Å². The molecule has 2 fully saturated rings. The van der Waals surface area contributed by atoms with Crippen molar-refractivity contribution in [3.8, 4) is 0 Å². The molecule has 0 radical (unpaired) electrons. The van der Waals surface area contributed by atoms with E-state index in [1.807, 2.05) is 6.07 Å². The van der Waals surface area contributed by atoms with Crippen LogP contribution in [0.3, 0.4) is 0 Å². The number of hydrogen-bond donors (Lipinski definition) is 0. The zero-order valence-corrected chi connectivity index (χ0v) is 12.4. The first-order valence-electron chi connectivity index (χ1n) is 7.82. The summed E-state index contributed by atoms with van der Waals surface area (Å²) in [5.74, 6) is 0.325. The molecule has 0 spiro atoms. The van der Waals surface area contributed by atoms with E-state index in [0.29, 0.717) is 11.8 Å². The molecule has 120 valence electrons. The van der Waals surface area contributed by atoms with Crippen molar-refractivity contribution >= 4 is 5.91 Å². The Hall–Kier alpha value is -1.52. The number of rotatable bonds is 4. The maximum absolute atomic E-state index is 12.8. The average Bonchev–Trinajstić information content (AvgIpc) is 3.08. The van der Waals surface area contributed by atoms with E-state index in [2.05, 4.69) is 0 Å². The molecule has 0 N–H and O–H groups in total. The van der Waals surface area contributed by atoms with Gasteiger partial charge in [-0.05, 0) is 36.7 Å². The first kappa shape index (κ1) is 15.4. The van der Waals surface area contributed by atoms with Crippen molar-refractivity contribution in [2.45, 2.75) is 38.4 Å². The van der Waals surface area contributed by atoms with E-state index in [-0.39, 0.29) is 18.4 Å². The monoisotopic (exact) mass is 311 g/mol. The summed E-state index contributed by atoms with van der Waals surface area (Å²) in [6.07, 6.45) is -0.449. The molecule has 2 aliphatic carbocycles. The van der Waals surface area contributed by atoms with E-state index >= 15 is 0 Å². The average molecular weight is 311 g/mol. The molecule has 2 bridgehead atoms. The lowest BCUT2D eigenvalue weighted by molar-refractivity contribution is -0.166. The van der Waals surface area contributed by atoms with Gasteiger partial charge in [0.1, 0.15) is 6.54 Å². The molecule has 0 aromatic heterocycles. The summed E-state index contributed by atoms with van der Waals surface area (Å²) in [5, 5.41) is 0. The summed E-state index contributed by atoms with van der Waals surface area (Å²) < 4.78 is 38.5. The van der Waals surface area contributed by atoms with Crippen molar-refractivity contribution in [3.63, 3.8) is 0 Å². The Kier molecular flexibility index (Phi) is 4.15. The highest BCUT2D eigenvalue weighted by Gasteiger charge is 2.45. The van der Waals surface area contributed by atoms with Gasteiger partial charge in [-0.25, -0.2) is 0 Å². The number of halogens is 3. The first-order chi connectivity index (χ1) is 10.4. The third-order valence-electron chi connectivity index (χ3n) is 4.95. The highest BCUT2D eigenvalue weighted by molar-refractivity contribution is 5.79. The van der Waals surface area contributed by atoms with Crippen LogP contribution in [0.4, 0.5) is 13.2 Å². The van der Waals surface area contributed by atoms with E-state index in [1.165, 1.54) is 0 Å². The summed E-state index contributed by atoms with van der Waals surface area (Å²) in [5.41, 5.74) is 0.739. The zero-order valence-electron chi connectivity index (χ0n) is 12.4. The third-order valence-corrected chi connectivity index (χ3v) is 4.95. The largest absolute Gasteiger partial charge is 0.406 e. The number of benzene rings is 1. The van der Waals surface area contributed by atoms with Gasteiger partial charge in [0.25, 0.3) is 0 Å². The first-order valence-corrected chi connectivity index (χ1v) is 7.82. The van der Waals surface area contributed by atoms with E-state index < -0.39 is 12.7 Å². The van der Waals surface area contributed by atoms with Crippen LogP contribution in [0.15, 0.2) is 30.3 Å². The van der Waals surface area contributed by atoms with E-state index in [1.54, 1.807) is 24.3 Å². The molecule has 2 aliphatic rings. The van der Waals surface area contributed by atoms with Crippen molar-refractivity contribution < 1.29 is 18.0 Å². The maximum atomic E-state index is 12.8. The normalized spacial score (nSPS) is 27.1. The second-order valence-corrected chi connectivity index (χ2v) is 6.58. The number of nitrogens with zero attached hydrogens (tertiary/aromatic N) is 1. The van der Waals surface area contributed by atoms with Gasteiger partial charge in [-0.3, -0.25) is 4.79 Å². The Morgan fingerprint density at radius 2 is 1.86 bits per heavy atom. The lowest BCUT2D eigenvalue weighted by atomic mass is 9.87. The molecular formula is C17H20F3NO. The Bertz CT molecular complexity index is 528. The molecule has 0 saturated heterocycles. The molecule has 0 aliphatic heterocycles. The summed E-state index contributed by atoms with van der Waals surface area (Å²) in [4.78, 5) is 13.6. The molecule has 22 heavy (non-hydrogen) atoms. The zero-order chi connectivity index (χ0) is 15.7. The Morgan fingerprint density at radius 1 is 1.14 bits per heavy atom. The van der Waals surface area contributed by atoms with Crippen LogP contribution in [-0.2, 0) is 11.3 Å². The fourth-order valence-electron chi connectivity index (χ4n) is 4.01. The van der Waals surface area contributed by atoms with Gasteiger partial charge in [0.15, 0.2) is 0 Å².